The van der Waals surface area contributed by atoms with Crippen molar-refractivity contribution in [1.29, 1.82) is 0 Å². The summed E-state index contributed by atoms with van der Waals surface area (Å²) < 4.78 is 0. The average Bonchev–Trinajstić information content (AvgIpc) is 3.54. The molecule has 0 aromatic carbocycles. The number of aryl methyl sites for hydroxylation is 3. The van der Waals surface area contributed by atoms with E-state index in [4.69, 9.17) is 19.9 Å². The first-order valence-electron chi connectivity index (χ1n) is 12.8. The molecule has 0 atom stereocenters. The van der Waals surface area contributed by atoms with Crippen molar-refractivity contribution in [1.82, 2.24) is 19.9 Å². The molecule has 0 unspecified atom stereocenters. The number of carbonyl (C=O) groups excluding carboxylic acids is 1. The van der Waals surface area contributed by atoms with Crippen LogP contribution in [0.15, 0.2) is 24.3 Å². The molecule has 5 nitrogen and oxygen atoms in total. The van der Waals surface area contributed by atoms with Crippen molar-refractivity contribution in [3.63, 3.8) is 0 Å². The zero-order valence-electron chi connectivity index (χ0n) is 22.5. The third kappa shape index (κ3) is 4.32. The minimum Gasteiger partial charge on any atom is -0.657 e. The predicted octanol–water partition coefficient (Wildman–Crippen LogP) is 7.24. The van der Waals surface area contributed by atoms with Gasteiger partial charge in [0.05, 0.1) is 22.8 Å². The molecule has 2 aliphatic rings. The summed E-state index contributed by atoms with van der Waals surface area (Å²) in [5.41, 5.74) is 15.3. The van der Waals surface area contributed by atoms with Gasteiger partial charge in [0.25, 0.3) is 0 Å². The fourth-order valence-corrected chi connectivity index (χ4v) is 5.51. The molecule has 0 spiro atoms. The van der Waals surface area contributed by atoms with Gasteiger partial charge in [-0.15, -0.1) is 22.1 Å². The summed E-state index contributed by atoms with van der Waals surface area (Å²) in [6.45, 7) is 14.8. The van der Waals surface area contributed by atoms with E-state index >= 15 is 0 Å². The van der Waals surface area contributed by atoms with Gasteiger partial charge in [-0.05, 0) is 69.2 Å². The normalized spacial score (nSPS) is 13.3. The quantitative estimate of drug-likeness (QED) is 0.258. The largest absolute Gasteiger partial charge is 2.00 e. The number of aromatic nitrogens is 4. The van der Waals surface area contributed by atoms with Gasteiger partial charge in [-0.1, -0.05) is 61.7 Å². The van der Waals surface area contributed by atoms with E-state index in [9.17, 15) is 4.79 Å². The van der Waals surface area contributed by atoms with E-state index in [1.54, 1.807) is 0 Å². The van der Waals surface area contributed by atoms with Crippen LogP contribution in [-0.2, 0) is 23.5 Å². The first kappa shape index (κ1) is 26.8. The Hall–Kier alpha value is -3.21. The molecule has 1 radical (unpaired) electrons. The maximum atomic E-state index is 12.4. The number of hydrogen-bond acceptors (Lipinski definition) is 3. The molecule has 0 amide bonds. The zero-order valence-corrected chi connectivity index (χ0v) is 23.4. The summed E-state index contributed by atoms with van der Waals surface area (Å²) in [6.07, 6.45) is 3.44. The van der Waals surface area contributed by atoms with Crippen LogP contribution in [0, 0.1) is 13.8 Å². The van der Waals surface area contributed by atoms with Gasteiger partial charge in [-0.2, -0.15) is 0 Å². The molecule has 0 N–H and O–H groups in total. The van der Waals surface area contributed by atoms with Crippen molar-refractivity contribution < 1.29 is 21.9 Å². The first-order valence-corrected chi connectivity index (χ1v) is 12.8. The molecule has 0 saturated carbocycles. The van der Waals surface area contributed by atoms with Crippen LogP contribution in [0.2, 0.25) is 0 Å². The van der Waals surface area contributed by atoms with Gasteiger partial charge in [0.15, 0.2) is 6.29 Å². The van der Waals surface area contributed by atoms with Crippen molar-refractivity contribution in [2.75, 3.05) is 0 Å². The molecule has 0 aliphatic carbocycles. The van der Waals surface area contributed by atoms with Gasteiger partial charge >= 0.3 is 17.1 Å². The predicted molar refractivity (Wildman–Crippen MR) is 149 cm³/mol. The Balaban J connectivity index is 0.00000320. The second kappa shape index (κ2) is 10.3. The summed E-state index contributed by atoms with van der Waals surface area (Å²) in [7, 11) is 0. The number of hydrogen-bond donors (Lipinski definition) is 0. The van der Waals surface area contributed by atoms with E-state index in [1.807, 2.05) is 13.0 Å². The van der Waals surface area contributed by atoms with Crippen LogP contribution in [0.1, 0.15) is 97.3 Å². The van der Waals surface area contributed by atoms with Gasteiger partial charge in [-0.3, -0.25) is 4.79 Å². The van der Waals surface area contributed by atoms with Gasteiger partial charge in [0.1, 0.15) is 0 Å². The molecule has 8 bridgehead atoms. The van der Waals surface area contributed by atoms with Crippen LogP contribution in [0.25, 0.3) is 44.4 Å². The number of nitrogens with zero attached hydrogens (tertiary/aromatic N) is 4. The van der Waals surface area contributed by atoms with Gasteiger partial charge in [0.2, 0.25) is 0 Å². The van der Waals surface area contributed by atoms with Crippen LogP contribution in [0.3, 0.4) is 0 Å². The topological polar surface area (TPSA) is 71.1 Å². The van der Waals surface area contributed by atoms with Crippen LogP contribution in [0.5, 0.6) is 0 Å². The Morgan fingerprint density at radius 2 is 1.30 bits per heavy atom. The third-order valence-electron chi connectivity index (χ3n) is 7.66. The smallest absolute Gasteiger partial charge is 0.657 e. The van der Waals surface area contributed by atoms with Gasteiger partial charge < -0.3 is 9.97 Å². The Morgan fingerprint density at radius 3 is 1.95 bits per heavy atom. The zero-order chi connectivity index (χ0) is 25.7. The van der Waals surface area contributed by atoms with E-state index in [1.165, 1.54) is 22.3 Å². The maximum absolute atomic E-state index is 12.4. The number of fused-ring (bicyclic) bond motifs is 8. The first-order chi connectivity index (χ1) is 17.3. The van der Waals surface area contributed by atoms with Crippen molar-refractivity contribution >= 4 is 50.6 Å². The van der Waals surface area contributed by atoms with Crippen molar-refractivity contribution in [2.24, 2.45) is 0 Å². The number of rotatable bonds is 4. The van der Waals surface area contributed by atoms with Crippen molar-refractivity contribution in [3.8, 4) is 0 Å². The van der Waals surface area contributed by atoms with Crippen molar-refractivity contribution in [2.45, 2.75) is 67.7 Å². The summed E-state index contributed by atoms with van der Waals surface area (Å²) in [5.74, 6) is 0. The minimum absolute atomic E-state index is 0. The van der Waals surface area contributed by atoms with Crippen LogP contribution < -0.4 is 9.97 Å². The Kier molecular flexibility index (Phi) is 7.45. The molecule has 6 heteroatoms. The monoisotopic (exact) mass is 539 g/mol. The maximum Gasteiger partial charge on any atom is 2.00 e. The second-order valence-electron chi connectivity index (χ2n) is 9.66. The molecule has 193 valence electrons. The number of aldehydes is 1. The molecule has 0 saturated heterocycles. The van der Waals surface area contributed by atoms with Gasteiger partial charge in [-0.25, -0.2) is 9.97 Å². The Bertz CT molecular complexity index is 1650. The summed E-state index contributed by atoms with van der Waals surface area (Å²) in [6, 6.07) is 8.23. The standard InChI is InChI=1S/C31H33N4O.Cu/c1-8-20-18(6)26-14-30-21(9-2)17(5)25(33-30)13-27-19(7)22(10-3)31(35-27)23(15-36)28-11-16(4)24(32-28)12-29(20)34-26;/h11-15H,8-10H2,1-7H3,(H-,32,33,34,35,36);/q-1;+2/p-1. The molecular weight excluding hydrogens is 508 g/mol. The Labute approximate surface area is 229 Å². The molecule has 37 heavy (non-hydrogen) atoms. The van der Waals surface area contributed by atoms with Crippen molar-refractivity contribution in [3.05, 3.63) is 69.3 Å². The fourth-order valence-electron chi connectivity index (χ4n) is 5.51. The number of carbonyl (C=O) groups is 1. The van der Waals surface area contributed by atoms with Gasteiger partial charge in [0, 0.05) is 5.56 Å². The Morgan fingerprint density at radius 1 is 0.703 bits per heavy atom. The third-order valence-corrected chi connectivity index (χ3v) is 7.66. The minimum atomic E-state index is 0. The molecule has 2 aliphatic heterocycles. The SMILES string of the molecule is CCC1=C(C)c2cc3[n-]c(cc4nc(c(C=O)c5cc(C)c(cc1n2)[n-]5)C(CC)=C4C)c(C)c3CC.[Cu+2]. The van der Waals surface area contributed by atoms with Crippen LogP contribution >= 0.6 is 0 Å². The summed E-state index contributed by atoms with van der Waals surface area (Å²) in [4.78, 5) is 32.3. The summed E-state index contributed by atoms with van der Waals surface area (Å²) >= 11 is 0. The molecule has 3 aromatic rings. The van der Waals surface area contributed by atoms with E-state index in [0.717, 1.165) is 81.6 Å². The molecular formula is C31H32CuN4O. The fraction of sp³-hybridized carbons (Fsp3) is 0.323. The number of allylic oxidation sites excluding steroid dienone is 4. The molecule has 3 aromatic heterocycles. The van der Waals surface area contributed by atoms with E-state index in [-0.39, 0.29) is 17.1 Å². The van der Waals surface area contributed by atoms with E-state index < -0.39 is 0 Å². The summed E-state index contributed by atoms with van der Waals surface area (Å²) in [5, 5.41) is 0. The van der Waals surface area contributed by atoms with E-state index in [2.05, 4.69) is 59.7 Å². The molecule has 5 rings (SSSR count). The van der Waals surface area contributed by atoms with Crippen LogP contribution in [-0.4, -0.2) is 16.3 Å². The van der Waals surface area contributed by atoms with Crippen LogP contribution in [0.4, 0.5) is 0 Å². The molecule has 5 heterocycles. The molecule has 0 fully saturated rings. The van der Waals surface area contributed by atoms with E-state index in [0.29, 0.717) is 11.1 Å². The second-order valence-corrected chi connectivity index (χ2v) is 9.66. The average molecular weight is 540 g/mol.